The van der Waals surface area contributed by atoms with Gasteiger partial charge < -0.3 is 15.3 Å². The summed E-state index contributed by atoms with van der Waals surface area (Å²) in [6.45, 7) is 3.73. The Morgan fingerprint density at radius 3 is 2.37 bits per heavy atom. The number of carbonyl (C=O) groups excluding carboxylic acids is 2. The maximum absolute atomic E-state index is 12.7. The van der Waals surface area contributed by atoms with Crippen LogP contribution in [0.5, 0.6) is 0 Å². The lowest BCUT2D eigenvalue weighted by Gasteiger charge is -2.30. The number of nitrogens with zero attached hydrogens (tertiary/aromatic N) is 1. The number of aliphatic carboxylic acids is 1. The Bertz CT molecular complexity index is 710. The Morgan fingerprint density at radius 1 is 1.04 bits per heavy atom. The lowest BCUT2D eigenvalue weighted by atomic mass is 9.78. The molecule has 2 unspecified atom stereocenters. The fourth-order valence-electron chi connectivity index (χ4n) is 4.10. The van der Waals surface area contributed by atoms with Crippen LogP contribution in [-0.2, 0) is 9.59 Å². The molecule has 27 heavy (non-hydrogen) atoms. The van der Waals surface area contributed by atoms with Crippen molar-refractivity contribution in [3.63, 3.8) is 0 Å². The van der Waals surface area contributed by atoms with Gasteiger partial charge in [-0.05, 0) is 49.8 Å². The van der Waals surface area contributed by atoms with E-state index in [1.807, 2.05) is 4.90 Å². The maximum Gasteiger partial charge on any atom is 0.307 e. The van der Waals surface area contributed by atoms with Crippen LogP contribution in [-0.4, -0.2) is 40.9 Å². The summed E-state index contributed by atoms with van der Waals surface area (Å²) in [6, 6.07) is 6.95. The van der Waals surface area contributed by atoms with Crippen LogP contribution >= 0.6 is 0 Å². The van der Waals surface area contributed by atoms with E-state index in [0.717, 1.165) is 38.8 Å². The minimum atomic E-state index is -0.905. The SMILES string of the molecule is CC1CCN(C(=O)c2cccc(NC(=O)C3CCCCC3C(=O)O)c2)CC1. The Kier molecular flexibility index (Phi) is 6.14. The molecule has 0 spiro atoms. The quantitative estimate of drug-likeness (QED) is 0.848. The third kappa shape index (κ3) is 4.67. The van der Waals surface area contributed by atoms with Crippen LogP contribution in [0.25, 0.3) is 0 Å². The second-order valence-electron chi connectivity index (χ2n) is 7.88. The van der Waals surface area contributed by atoms with Gasteiger partial charge in [-0.15, -0.1) is 0 Å². The third-order valence-corrected chi connectivity index (χ3v) is 5.87. The smallest absolute Gasteiger partial charge is 0.307 e. The van der Waals surface area contributed by atoms with E-state index >= 15 is 0 Å². The Morgan fingerprint density at radius 2 is 1.70 bits per heavy atom. The minimum absolute atomic E-state index is 0.0147. The molecule has 6 heteroatoms. The number of carbonyl (C=O) groups is 3. The van der Waals surface area contributed by atoms with E-state index in [1.54, 1.807) is 24.3 Å². The Labute approximate surface area is 159 Å². The number of nitrogens with one attached hydrogen (secondary N) is 1. The summed E-state index contributed by atoms with van der Waals surface area (Å²) >= 11 is 0. The number of amides is 2. The van der Waals surface area contributed by atoms with Crippen LogP contribution < -0.4 is 5.32 Å². The standard InChI is InChI=1S/C21H28N2O4/c1-14-9-11-23(12-10-14)20(25)15-5-4-6-16(13-15)22-19(24)17-7-2-3-8-18(17)21(26)27/h4-6,13-14,17-18H,2-3,7-12H2,1H3,(H,22,24)(H,26,27). The van der Waals surface area contributed by atoms with E-state index in [-0.39, 0.29) is 11.8 Å². The van der Waals surface area contributed by atoms with E-state index in [2.05, 4.69) is 12.2 Å². The van der Waals surface area contributed by atoms with E-state index in [0.29, 0.717) is 30.0 Å². The van der Waals surface area contributed by atoms with Gasteiger partial charge in [0.1, 0.15) is 0 Å². The molecule has 1 aliphatic heterocycles. The average molecular weight is 372 g/mol. The highest BCUT2D eigenvalue weighted by atomic mass is 16.4. The molecular formula is C21H28N2O4. The fourth-order valence-corrected chi connectivity index (χ4v) is 4.10. The Hall–Kier alpha value is -2.37. The summed E-state index contributed by atoms with van der Waals surface area (Å²) < 4.78 is 0. The summed E-state index contributed by atoms with van der Waals surface area (Å²) in [5.74, 6) is -1.67. The van der Waals surface area contributed by atoms with Crippen molar-refractivity contribution in [2.75, 3.05) is 18.4 Å². The molecule has 3 rings (SSSR count). The highest BCUT2D eigenvalue weighted by Crippen LogP contribution is 2.31. The molecule has 1 heterocycles. The number of benzene rings is 1. The fraction of sp³-hybridized carbons (Fsp3) is 0.571. The first-order chi connectivity index (χ1) is 13.0. The lowest BCUT2D eigenvalue weighted by molar-refractivity contribution is -0.147. The van der Waals surface area contributed by atoms with Crippen molar-refractivity contribution in [1.82, 2.24) is 4.90 Å². The number of likely N-dealkylation sites (tertiary alicyclic amines) is 1. The predicted octanol–water partition coefficient (Wildman–Crippen LogP) is 3.39. The van der Waals surface area contributed by atoms with Gasteiger partial charge in [0.05, 0.1) is 11.8 Å². The number of anilines is 1. The number of carboxylic acids is 1. The highest BCUT2D eigenvalue weighted by molar-refractivity contribution is 5.98. The van der Waals surface area contributed by atoms with Gasteiger partial charge in [-0.25, -0.2) is 0 Å². The molecule has 2 N–H and O–H groups in total. The van der Waals surface area contributed by atoms with Crippen molar-refractivity contribution in [1.29, 1.82) is 0 Å². The minimum Gasteiger partial charge on any atom is -0.481 e. The second-order valence-corrected chi connectivity index (χ2v) is 7.88. The molecule has 0 bridgehead atoms. The zero-order valence-corrected chi connectivity index (χ0v) is 15.8. The molecule has 6 nitrogen and oxygen atoms in total. The van der Waals surface area contributed by atoms with Crippen molar-refractivity contribution >= 4 is 23.5 Å². The van der Waals surface area contributed by atoms with Crippen LogP contribution in [0.1, 0.15) is 55.8 Å². The molecule has 1 aromatic carbocycles. The summed E-state index contributed by atoms with van der Waals surface area (Å²) in [5, 5.41) is 12.2. The topological polar surface area (TPSA) is 86.7 Å². The molecular weight excluding hydrogens is 344 g/mol. The van der Waals surface area contributed by atoms with Gasteiger partial charge in [-0.1, -0.05) is 25.8 Å². The van der Waals surface area contributed by atoms with E-state index in [4.69, 9.17) is 0 Å². The number of rotatable bonds is 4. The summed E-state index contributed by atoms with van der Waals surface area (Å²) in [7, 11) is 0. The first-order valence-electron chi connectivity index (χ1n) is 9.88. The number of hydrogen-bond donors (Lipinski definition) is 2. The van der Waals surface area contributed by atoms with E-state index in [1.165, 1.54) is 0 Å². The van der Waals surface area contributed by atoms with Gasteiger partial charge in [-0.2, -0.15) is 0 Å². The van der Waals surface area contributed by atoms with Gasteiger partial charge in [0, 0.05) is 24.3 Å². The van der Waals surface area contributed by atoms with E-state index in [9.17, 15) is 19.5 Å². The monoisotopic (exact) mass is 372 g/mol. The van der Waals surface area contributed by atoms with Crippen molar-refractivity contribution in [2.24, 2.45) is 17.8 Å². The molecule has 0 radical (unpaired) electrons. The molecule has 1 aliphatic carbocycles. The highest BCUT2D eigenvalue weighted by Gasteiger charge is 2.35. The molecule has 2 amide bonds. The molecule has 2 aliphatic rings. The summed E-state index contributed by atoms with van der Waals surface area (Å²) in [5.41, 5.74) is 1.10. The first-order valence-corrected chi connectivity index (χ1v) is 9.88. The molecule has 1 aromatic rings. The molecule has 1 saturated heterocycles. The summed E-state index contributed by atoms with van der Waals surface area (Å²) in [6.07, 6.45) is 4.88. The molecule has 2 atom stereocenters. The lowest BCUT2D eigenvalue weighted by Crippen LogP contribution is -2.38. The average Bonchev–Trinajstić information content (AvgIpc) is 2.68. The Balaban J connectivity index is 1.67. The predicted molar refractivity (Wildman–Crippen MR) is 102 cm³/mol. The largest absolute Gasteiger partial charge is 0.481 e. The molecule has 1 saturated carbocycles. The molecule has 2 fully saturated rings. The third-order valence-electron chi connectivity index (χ3n) is 5.87. The number of hydrogen-bond acceptors (Lipinski definition) is 3. The van der Waals surface area contributed by atoms with Crippen LogP contribution in [0.4, 0.5) is 5.69 Å². The van der Waals surface area contributed by atoms with Gasteiger partial charge in [0.25, 0.3) is 5.91 Å². The summed E-state index contributed by atoms with van der Waals surface area (Å²) in [4.78, 5) is 38.7. The van der Waals surface area contributed by atoms with Gasteiger partial charge in [-0.3, -0.25) is 14.4 Å². The van der Waals surface area contributed by atoms with Gasteiger partial charge in [0.2, 0.25) is 5.91 Å². The van der Waals surface area contributed by atoms with Gasteiger partial charge in [0.15, 0.2) is 0 Å². The van der Waals surface area contributed by atoms with Crippen molar-refractivity contribution in [2.45, 2.75) is 45.4 Å². The normalized spacial score (nSPS) is 23.7. The number of piperidine rings is 1. The second kappa shape index (κ2) is 8.55. The maximum atomic E-state index is 12.7. The molecule has 146 valence electrons. The zero-order valence-electron chi connectivity index (χ0n) is 15.8. The van der Waals surface area contributed by atoms with Crippen LogP contribution in [0.15, 0.2) is 24.3 Å². The van der Waals surface area contributed by atoms with Crippen molar-refractivity contribution < 1.29 is 19.5 Å². The van der Waals surface area contributed by atoms with Crippen molar-refractivity contribution in [3.8, 4) is 0 Å². The van der Waals surface area contributed by atoms with Crippen LogP contribution in [0.2, 0.25) is 0 Å². The zero-order chi connectivity index (χ0) is 19.4. The number of carboxylic acid groups (broad SMARTS) is 1. The first kappa shape index (κ1) is 19.4. The molecule has 0 aromatic heterocycles. The van der Waals surface area contributed by atoms with Crippen LogP contribution in [0.3, 0.4) is 0 Å². The van der Waals surface area contributed by atoms with Crippen LogP contribution in [0, 0.1) is 17.8 Å². The van der Waals surface area contributed by atoms with Gasteiger partial charge >= 0.3 is 5.97 Å². The van der Waals surface area contributed by atoms with E-state index < -0.39 is 17.8 Å². The van der Waals surface area contributed by atoms with Crippen molar-refractivity contribution in [3.05, 3.63) is 29.8 Å².